The third kappa shape index (κ3) is 3.18. The minimum atomic E-state index is -1.14. The van der Waals surface area contributed by atoms with Crippen molar-refractivity contribution in [2.75, 3.05) is 0 Å². The summed E-state index contributed by atoms with van der Waals surface area (Å²) in [4.78, 5) is 0. The van der Waals surface area contributed by atoms with Gasteiger partial charge >= 0.3 is 0 Å². The molecule has 0 radical (unpaired) electrons. The standard InChI is InChI=1S/C12H16ClFO/c1-8(2)7-12(3,15)10-5-4-9(13)6-11(10)14/h4-6,8,15H,7H2,1-3H3. The van der Waals surface area contributed by atoms with Crippen LogP contribution < -0.4 is 0 Å². The Bertz CT molecular complexity index is 347. The molecule has 0 aliphatic heterocycles. The van der Waals surface area contributed by atoms with E-state index < -0.39 is 11.4 Å². The number of hydrogen-bond donors (Lipinski definition) is 1. The molecular formula is C12H16ClFO. The van der Waals surface area contributed by atoms with E-state index >= 15 is 0 Å². The molecule has 1 N–H and O–H groups in total. The largest absolute Gasteiger partial charge is 0.385 e. The molecule has 0 amide bonds. The first kappa shape index (κ1) is 12.5. The number of hydrogen-bond acceptors (Lipinski definition) is 1. The fourth-order valence-electron chi connectivity index (χ4n) is 1.83. The van der Waals surface area contributed by atoms with Crippen LogP contribution in [0.4, 0.5) is 4.39 Å². The van der Waals surface area contributed by atoms with E-state index in [0.29, 0.717) is 22.9 Å². The van der Waals surface area contributed by atoms with Gasteiger partial charge < -0.3 is 5.11 Å². The van der Waals surface area contributed by atoms with Gasteiger partial charge in [0.15, 0.2) is 0 Å². The summed E-state index contributed by atoms with van der Waals surface area (Å²) in [6.07, 6.45) is 0.519. The van der Waals surface area contributed by atoms with Crippen molar-refractivity contribution < 1.29 is 9.50 Å². The molecule has 0 spiro atoms. The van der Waals surface area contributed by atoms with Gasteiger partial charge in [-0.1, -0.05) is 31.5 Å². The molecule has 0 saturated carbocycles. The SMILES string of the molecule is CC(C)CC(C)(O)c1ccc(Cl)cc1F. The predicted octanol–water partition coefficient (Wildman–Crippen LogP) is 3.73. The highest BCUT2D eigenvalue weighted by Crippen LogP contribution is 2.31. The first-order valence-corrected chi connectivity index (χ1v) is 5.38. The van der Waals surface area contributed by atoms with Gasteiger partial charge in [-0.3, -0.25) is 0 Å². The molecule has 0 aliphatic rings. The number of halogens is 2. The molecule has 1 aromatic rings. The second-order valence-corrected chi connectivity index (χ2v) is 4.93. The summed E-state index contributed by atoms with van der Waals surface area (Å²) in [5, 5.41) is 10.5. The molecule has 1 atom stereocenters. The highest BCUT2D eigenvalue weighted by molar-refractivity contribution is 6.30. The molecule has 0 aliphatic carbocycles. The Hall–Kier alpha value is -0.600. The van der Waals surface area contributed by atoms with Crippen molar-refractivity contribution in [3.05, 3.63) is 34.6 Å². The summed E-state index contributed by atoms with van der Waals surface area (Å²) in [5.41, 5.74) is -0.830. The van der Waals surface area contributed by atoms with Gasteiger partial charge in [0.1, 0.15) is 5.82 Å². The summed E-state index contributed by atoms with van der Waals surface area (Å²) in [5.74, 6) is -0.150. The van der Waals surface area contributed by atoms with Gasteiger partial charge in [0.2, 0.25) is 0 Å². The van der Waals surface area contributed by atoms with Gasteiger partial charge in [0.25, 0.3) is 0 Å². The number of aliphatic hydroxyl groups is 1. The van der Waals surface area contributed by atoms with Crippen molar-refractivity contribution in [2.45, 2.75) is 32.8 Å². The van der Waals surface area contributed by atoms with Gasteiger partial charge in [0, 0.05) is 10.6 Å². The summed E-state index contributed by atoms with van der Waals surface area (Å²) < 4.78 is 13.6. The Kier molecular flexibility index (Phi) is 3.74. The Morgan fingerprint density at radius 1 is 1.47 bits per heavy atom. The Morgan fingerprint density at radius 2 is 2.07 bits per heavy atom. The lowest BCUT2D eigenvalue weighted by Crippen LogP contribution is -2.24. The first-order chi connectivity index (χ1) is 6.83. The Balaban J connectivity index is 3.04. The molecule has 1 aromatic carbocycles. The molecule has 84 valence electrons. The van der Waals surface area contributed by atoms with Crippen molar-refractivity contribution in [1.29, 1.82) is 0 Å². The zero-order valence-electron chi connectivity index (χ0n) is 9.22. The lowest BCUT2D eigenvalue weighted by molar-refractivity contribution is 0.0314. The van der Waals surface area contributed by atoms with Gasteiger partial charge in [-0.05, 0) is 31.4 Å². The highest BCUT2D eigenvalue weighted by atomic mass is 35.5. The van der Waals surface area contributed by atoms with Crippen LogP contribution in [0.2, 0.25) is 5.02 Å². The minimum Gasteiger partial charge on any atom is -0.385 e. The van der Waals surface area contributed by atoms with E-state index in [0.717, 1.165) is 0 Å². The van der Waals surface area contributed by atoms with Crippen LogP contribution in [0.25, 0.3) is 0 Å². The van der Waals surface area contributed by atoms with Crippen molar-refractivity contribution >= 4 is 11.6 Å². The Morgan fingerprint density at radius 3 is 2.53 bits per heavy atom. The maximum atomic E-state index is 13.6. The average molecular weight is 231 g/mol. The van der Waals surface area contributed by atoms with E-state index in [4.69, 9.17) is 11.6 Å². The lowest BCUT2D eigenvalue weighted by Gasteiger charge is -2.26. The van der Waals surface area contributed by atoms with E-state index in [9.17, 15) is 9.50 Å². The van der Waals surface area contributed by atoms with Crippen molar-refractivity contribution in [1.82, 2.24) is 0 Å². The minimum absolute atomic E-state index is 0.301. The smallest absolute Gasteiger partial charge is 0.130 e. The van der Waals surface area contributed by atoms with Crippen LogP contribution in [0.3, 0.4) is 0 Å². The van der Waals surface area contributed by atoms with Crippen molar-refractivity contribution in [2.24, 2.45) is 5.92 Å². The molecule has 0 heterocycles. The lowest BCUT2D eigenvalue weighted by atomic mass is 9.87. The third-order valence-electron chi connectivity index (χ3n) is 2.32. The molecular weight excluding hydrogens is 215 g/mol. The zero-order valence-corrected chi connectivity index (χ0v) is 9.98. The van der Waals surface area contributed by atoms with Gasteiger partial charge in [-0.25, -0.2) is 4.39 Å². The topological polar surface area (TPSA) is 20.2 Å². The molecule has 15 heavy (non-hydrogen) atoms. The monoisotopic (exact) mass is 230 g/mol. The van der Waals surface area contributed by atoms with Crippen LogP contribution in [0.5, 0.6) is 0 Å². The molecule has 0 bridgehead atoms. The second kappa shape index (κ2) is 4.50. The maximum Gasteiger partial charge on any atom is 0.130 e. The summed E-state index contributed by atoms with van der Waals surface area (Å²) in [7, 11) is 0. The van der Waals surface area contributed by atoms with Crippen LogP contribution in [-0.2, 0) is 5.60 Å². The van der Waals surface area contributed by atoms with E-state index in [1.165, 1.54) is 6.07 Å². The normalized spacial score (nSPS) is 15.4. The van der Waals surface area contributed by atoms with Gasteiger partial charge in [-0.2, -0.15) is 0 Å². The van der Waals surface area contributed by atoms with Crippen molar-refractivity contribution in [3.63, 3.8) is 0 Å². The van der Waals surface area contributed by atoms with Crippen LogP contribution >= 0.6 is 11.6 Å². The molecule has 3 heteroatoms. The van der Waals surface area contributed by atoms with Crippen LogP contribution in [-0.4, -0.2) is 5.11 Å². The molecule has 1 nitrogen and oxygen atoms in total. The van der Waals surface area contributed by atoms with Crippen molar-refractivity contribution in [3.8, 4) is 0 Å². The number of benzene rings is 1. The van der Waals surface area contributed by atoms with E-state index in [2.05, 4.69) is 0 Å². The van der Waals surface area contributed by atoms with Crippen LogP contribution in [0.1, 0.15) is 32.8 Å². The Labute approximate surface area is 94.9 Å². The molecule has 0 fully saturated rings. The maximum absolute atomic E-state index is 13.6. The van der Waals surface area contributed by atoms with Gasteiger partial charge in [0.05, 0.1) is 5.60 Å². The number of rotatable bonds is 3. The van der Waals surface area contributed by atoms with Crippen LogP contribution in [0.15, 0.2) is 18.2 Å². The first-order valence-electron chi connectivity index (χ1n) is 5.01. The molecule has 0 aromatic heterocycles. The summed E-state index contributed by atoms with van der Waals surface area (Å²) in [6.45, 7) is 5.60. The zero-order chi connectivity index (χ0) is 11.6. The summed E-state index contributed by atoms with van der Waals surface area (Å²) in [6, 6.07) is 4.36. The summed E-state index contributed by atoms with van der Waals surface area (Å²) >= 11 is 5.65. The van der Waals surface area contributed by atoms with E-state index in [1.807, 2.05) is 13.8 Å². The quantitative estimate of drug-likeness (QED) is 0.839. The third-order valence-corrected chi connectivity index (χ3v) is 2.55. The predicted molar refractivity (Wildman–Crippen MR) is 60.4 cm³/mol. The van der Waals surface area contributed by atoms with Crippen LogP contribution in [0, 0.1) is 11.7 Å². The van der Waals surface area contributed by atoms with E-state index in [-0.39, 0.29) is 0 Å². The fourth-order valence-corrected chi connectivity index (χ4v) is 1.99. The molecule has 1 rings (SSSR count). The van der Waals surface area contributed by atoms with E-state index in [1.54, 1.807) is 19.1 Å². The second-order valence-electron chi connectivity index (χ2n) is 4.50. The highest BCUT2D eigenvalue weighted by Gasteiger charge is 2.27. The molecule has 0 saturated heterocycles. The fraction of sp³-hybridized carbons (Fsp3) is 0.500. The molecule has 1 unspecified atom stereocenters. The average Bonchev–Trinajstić information content (AvgIpc) is 1.99. The van der Waals surface area contributed by atoms with Gasteiger partial charge in [-0.15, -0.1) is 0 Å².